The van der Waals surface area contributed by atoms with Crippen LogP contribution in [-0.2, 0) is 6.42 Å². The number of rotatable bonds is 7. The van der Waals surface area contributed by atoms with Gasteiger partial charge in [0, 0.05) is 17.0 Å². The third-order valence-corrected chi connectivity index (χ3v) is 4.94. The number of hydrogen-bond acceptors (Lipinski definition) is 2. The van der Waals surface area contributed by atoms with Crippen LogP contribution in [0.1, 0.15) is 18.4 Å². The van der Waals surface area contributed by atoms with Crippen molar-refractivity contribution in [2.24, 2.45) is 5.73 Å². The lowest BCUT2D eigenvalue weighted by atomic mass is 9.99. The van der Waals surface area contributed by atoms with E-state index in [1.807, 2.05) is 54.6 Å². The van der Waals surface area contributed by atoms with Gasteiger partial charge in [-0.05, 0) is 61.7 Å². The van der Waals surface area contributed by atoms with Gasteiger partial charge < -0.3 is 15.5 Å². The lowest BCUT2D eigenvalue weighted by molar-refractivity contribution is 0.484. The summed E-state index contributed by atoms with van der Waals surface area (Å²) < 4.78 is 34.5. The normalized spacial score (nSPS) is 11.1. The Morgan fingerprint density at radius 2 is 1.66 bits per heavy atom. The Labute approximate surface area is 168 Å². The number of aromatic amines is 1. The maximum Gasteiger partial charge on any atom is 0.150 e. The summed E-state index contributed by atoms with van der Waals surface area (Å²) in [6.07, 6.45) is 2.33. The topological polar surface area (TPSA) is 51.0 Å². The molecule has 1 aromatic heterocycles. The van der Waals surface area contributed by atoms with E-state index in [2.05, 4.69) is 4.98 Å². The van der Waals surface area contributed by atoms with E-state index in [9.17, 15) is 8.78 Å². The quantitative estimate of drug-likeness (QED) is 0.369. The van der Waals surface area contributed by atoms with E-state index in [0.717, 1.165) is 35.7 Å². The van der Waals surface area contributed by atoms with Gasteiger partial charge in [0.15, 0.2) is 0 Å². The Morgan fingerprint density at radius 3 is 2.45 bits per heavy atom. The Kier molecular flexibility index (Phi) is 5.58. The Bertz CT molecular complexity index is 1120. The van der Waals surface area contributed by atoms with Crippen molar-refractivity contribution in [2.45, 2.75) is 19.3 Å². The van der Waals surface area contributed by atoms with E-state index in [1.165, 1.54) is 6.07 Å². The minimum absolute atomic E-state index is 0.304. The van der Waals surface area contributed by atoms with Crippen molar-refractivity contribution in [2.75, 3.05) is 6.54 Å². The van der Waals surface area contributed by atoms with Crippen LogP contribution in [0.5, 0.6) is 11.5 Å². The maximum atomic E-state index is 14.5. The number of aryl methyl sites for hydroxylation is 1. The summed E-state index contributed by atoms with van der Waals surface area (Å²) >= 11 is 0. The van der Waals surface area contributed by atoms with E-state index < -0.39 is 11.6 Å². The van der Waals surface area contributed by atoms with Crippen molar-refractivity contribution < 1.29 is 13.5 Å². The average Bonchev–Trinajstić information content (AvgIpc) is 3.08. The van der Waals surface area contributed by atoms with Gasteiger partial charge in [-0.2, -0.15) is 0 Å². The molecule has 0 unspecified atom stereocenters. The van der Waals surface area contributed by atoms with Gasteiger partial charge in [0.25, 0.3) is 0 Å². The van der Waals surface area contributed by atoms with Crippen LogP contribution >= 0.6 is 0 Å². The minimum Gasteiger partial charge on any atom is -0.457 e. The molecule has 0 fully saturated rings. The predicted molar refractivity (Wildman–Crippen MR) is 112 cm³/mol. The molecule has 29 heavy (non-hydrogen) atoms. The Morgan fingerprint density at radius 1 is 0.897 bits per heavy atom. The smallest absolute Gasteiger partial charge is 0.150 e. The van der Waals surface area contributed by atoms with Crippen LogP contribution < -0.4 is 10.5 Å². The summed E-state index contributed by atoms with van der Waals surface area (Å²) in [5.41, 5.74) is 8.36. The monoisotopic (exact) mass is 392 g/mol. The molecule has 0 amide bonds. The first kappa shape index (κ1) is 19.2. The molecule has 0 aliphatic heterocycles. The number of H-pyrrole nitrogens is 1. The van der Waals surface area contributed by atoms with Gasteiger partial charge in [0.2, 0.25) is 0 Å². The third kappa shape index (κ3) is 4.00. The van der Waals surface area contributed by atoms with Crippen LogP contribution in [0.3, 0.4) is 0 Å². The molecule has 3 aromatic carbocycles. The zero-order valence-corrected chi connectivity index (χ0v) is 15.9. The van der Waals surface area contributed by atoms with Gasteiger partial charge in [0.05, 0.1) is 11.2 Å². The lowest BCUT2D eigenvalue weighted by Gasteiger charge is -2.12. The first-order valence-electron chi connectivity index (χ1n) is 9.69. The van der Waals surface area contributed by atoms with Crippen LogP contribution in [0, 0.1) is 11.6 Å². The SMILES string of the molecule is NCCCCc1c(-c2ccccc2Oc2ccccc2)[nH]c2c(F)cc(F)cc12. The molecule has 0 bridgehead atoms. The molecule has 5 heteroatoms. The zero-order valence-electron chi connectivity index (χ0n) is 15.9. The van der Waals surface area contributed by atoms with E-state index in [4.69, 9.17) is 10.5 Å². The van der Waals surface area contributed by atoms with Crippen molar-refractivity contribution in [3.63, 3.8) is 0 Å². The fourth-order valence-corrected chi connectivity index (χ4v) is 3.59. The lowest BCUT2D eigenvalue weighted by Crippen LogP contribution is -1.99. The Hall–Kier alpha value is -3.18. The van der Waals surface area contributed by atoms with E-state index in [0.29, 0.717) is 35.4 Å². The number of nitrogens with one attached hydrogen (secondary N) is 1. The molecule has 0 saturated carbocycles. The third-order valence-electron chi connectivity index (χ3n) is 4.94. The van der Waals surface area contributed by atoms with E-state index >= 15 is 0 Å². The number of fused-ring (bicyclic) bond motifs is 1. The number of para-hydroxylation sites is 2. The summed E-state index contributed by atoms with van der Waals surface area (Å²) in [5.74, 6) is 0.159. The molecule has 1 heterocycles. The summed E-state index contributed by atoms with van der Waals surface area (Å²) in [4.78, 5) is 3.18. The van der Waals surface area contributed by atoms with Crippen LogP contribution in [0.4, 0.5) is 8.78 Å². The summed E-state index contributed by atoms with van der Waals surface area (Å²) in [7, 11) is 0. The van der Waals surface area contributed by atoms with Gasteiger partial charge >= 0.3 is 0 Å². The number of ether oxygens (including phenoxy) is 1. The van der Waals surface area contributed by atoms with E-state index in [1.54, 1.807) is 0 Å². The number of halogens is 2. The van der Waals surface area contributed by atoms with Crippen LogP contribution in [0.15, 0.2) is 66.7 Å². The summed E-state index contributed by atoms with van der Waals surface area (Å²) in [6.45, 7) is 0.577. The van der Waals surface area contributed by atoms with Crippen molar-refractivity contribution in [3.05, 3.63) is 83.9 Å². The molecule has 0 saturated heterocycles. The fourth-order valence-electron chi connectivity index (χ4n) is 3.59. The molecule has 4 aromatic rings. The van der Waals surface area contributed by atoms with E-state index in [-0.39, 0.29) is 0 Å². The van der Waals surface area contributed by atoms with Gasteiger partial charge in [-0.1, -0.05) is 30.3 Å². The highest BCUT2D eigenvalue weighted by Gasteiger charge is 2.19. The van der Waals surface area contributed by atoms with Crippen LogP contribution in [0.25, 0.3) is 22.2 Å². The molecule has 3 nitrogen and oxygen atoms in total. The highest BCUT2D eigenvalue weighted by molar-refractivity contribution is 5.92. The Balaban J connectivity index is 1.85. The largest absolute Gasteiger partial charge is 0.457 e. The van der Waals surface area contributed by atoms with Crippen molar-refractivity contribution >= 4 is 10.9 Å². The highest BCUT2D eigenvalue weighted by Crippen LogP contribution is 2.39. The number of unbranched alkanes of at least 4 members (excludes halogenated alkanes) is 1. The zero-order chi connectivity index (χ0) is 20.2. The maximum absolute atomic E-state index is 14.5. The molecule has 148 valence electrons. The van der Waals surface area contributed by atoms with Gasteiger partial charge in [0.1, 0.15) is 23.1 Å². The first-order valence-corrected chi connectivity index (χ1v) is 9.69. The molecule has 0 aliphatic rings. The van der Waals surface area contributed by atoms with Gasteiger partial charge in [-0.15, -0.1) is 0 Å². The second-order valence-corrected chi connectivity index (χ2v) is 6.95. The second kappa shape index (κ2) is 8.45. The van der Waals surface area contributed by atoms with Crippen molar-refractivity contribution in [3.8, 4) is 22.8 Å². The first-order chi connectivity index (χ1) is 14.2. The molecule has 0 spiro atoms. The standard InChI is InChI=1S/C24H22F2N2O/c25-16-14-20-18(10-6-7-13-27)23(28-24(20)21(26)15-16)19-11-4-5-12-22(19)29-17-8-2-1-3-9-17/h1-5,8-9,11-12,14-15,28H,6-7,10,13,27H2. The number of aromatic nitrogens is 1. The average molecular weight is 392 g/mol. The van der Waals surface area contributed by atoms with Gasteiger partial charge in [-0.3, -0.25) is 0 Å². The highest BCUT2D eigenvalue weighted by atomic mass is 19.1. The summed E-state index contributed by atoms with van der Waals surface area (Å²) in [6, 6.07) is 19.3. The molecular weight excluding hydrogens is 370 g/mol. The van der Waals surface area contributed by atoms with Gasteiger partial charge in [-0.25, -0.2) is 8.78 Å². The molecule has 0 aliphatic carbocycles. The minimum atomic E-state index is -0.604. The summed E-state index contributed by atoms with van der Waals surface area (Å²) in [5, 5.41) is 0.559. The molecule has 0 radical (unpaired) electrons. The van der Waals surface area contributed by atoms with Crippen molar-refractivity contribution in [1.29, 1.82) is 0 Å². The number of nitrogens with two attached hydrogens (primary N) is 1. The molecular formula is C24H22F2N2O. The molecule has 4 rings (SSSR count). The second-order valence-electron chi connectivity index (χ2n) is 6.95. The van der Waals surface area contributed by atoms with Crippen molar-refractivity contribution in [1.82, 2.24) is 4.98 Å². The number of hydrogen-bond donors (Lipinski definition) is 2. The fraction of sp³-hybridized carbons (Fsp3) is 0.167. The molecule has 0 atom stereocenters. The van der Waals surface area contributed by atoms with Crippen LogP contribution in [0.2, 0.25) is 0 Å². The predicted octanol–water partition coefficient (Wildman–Crippen LogP) is 6.19. The number of benzene rings is 3. The van der Waals surface area contributed by atoms with Crippen LogP contribution in [-0.4, -0.2) is 11.5 Å². The molecule has 3 N–H and O–H groups in total.